The first-order valence-corrected chi connectivity index (χ1v) is 9.69. The predicted octanol–water partition coefficient (Wildman–Crippen LogP) is 4.87. The van der Waals surface area contributed by atoms with Crippen molar-refractivity contribution in [2.75, 3.05) is 0 Å². The number of hydrogen-bond acceptors (Lipinski definition) is 2. The van der Waals surface area contributed by atoms with Gasteiger partial charge in [-0.25, -0.2) is 0 Å². The number of halogens is 3. The van der Waals surface area contributed by atoms with Gasteiger partial charge < -0.3 is 0 Å². The smallest absolute Gasteiger partial charge is 0.265 e. The molecule has 3 nitrogen and oxygen atoms in total. The molecule has 0 radical (unpaired) electrons. The second-order valence-corrected chi connectivity index (χ2v) is 7.86. The van der Waals surface area contributed by atoms with Crippen molar-refractivity contribution in [3.05, 3.63) is 82.7 Å². The van der Waals surface area contributed by atoms with E-state index in [9.17, 15) is 17.4 Å². The Morgan fingerprint density at radius 1 is 0.963 bits per heavy atom. The maximum Gasteiger partial charge on any atom is 0.416 e. The van der Waals surface area contributed by atoms with Crippen LogP contribution in [0.15, 0.2) is 59.5 Å². The summed E-state index contributed by atoms with van der Waals surface area (Å²) in [6.45, 7) is 4.60. The first kappa shape index (κ1) is 19.4. The molecule has 7 heteroatoms. The SMILES string of the molecule is Cc1cc(C)n(Cc2ccc(CS(=O)c3ccc(C(F)(F)F)cc3)cc2)n1. The van der Waals surface area contributed by atoms with E-state index in [0.29, 0.717) is 11.4 Å². The highest BCUT2D eigenvalue weighted by molar-refractivity contribution is 7.84. The molecule has 3 aromatic rings. The molecule has 0 N–H and O–H groups in total. The molecule has 0 saturated heterocycles. The molecule has 142 valence electrons. The van der Waals surface area contributed by atoms with Gasteiger partial charge in [-0.2, -0.15) is 18.3 Å². The van der Waals surface area contributed by atoms with Crippen LogP contribution in [-0.4, -0.2) is 14.0 Å². The van der Waals surface area contributed by atoms with Gasteiger partial charge in [0.25, 0.3) is 0 Å². The summed E-state index contributed by atoms with van der Waals surface area (Å²) in [5.74, 6) is 0.256. The molecule has 1 heterocycles. The van der Waals surface area contributed by atoms with Gasteiger partial charge in [-0.15, -0.1) is 0 Å². The fourth-order valence-corrected chi connectivity index (χ4v) is 3.88. The summed E-state index contributed by atoms with van der Waals surface area (Å²) >= 11 is 0. The topological polar surface area (TPSA) is 34.9 Å². The van der Waals surface area contributed by atoms with Gasteiger partial charge >= 0.3 is 6.18 Å². The molecule has 0 amide bonds. The number of nitrogens with zero attached hydrogens (tertiary/aromatic N) is 2. The molecule has 0 aliphatic rings. The van der Waals surface area contributed by atoms with E-state index in [2.05, 4.69) is 5.10 Å². The second kappa shape index (κ2) is 7.68. The zero-order valence-corrected chi connectivity index (χ0v) is 15.8. The molecule has 1 unspecified atom stereocenters. The Balaban J connectivity index is 1.65. The van der Waals surface area contributed by atoms with E-state index < -0.39 is 22.5 Å². The first-order chi connectivity index (χ1) is 12.7. The van der Waals surface area contributed by atoms with Crippen molar-refractivity contribution in [3.63, 3.8) is 0 Å². The molecule has 0 fully saturated rings. The summed E-state index contributed by atoms with van der Waals surface area (Å²) in [6.07, 6.45) is -4.39. The van der Waals surface area contributed by atoms with Crippen molar-refractivity contribution in [1.29, 1.82) is 0 Å². The van der Waals surface area contributed by atoms with Crippen molar-refractivity contribution < 1.29 is 17.4 Å². The molecule has 0 spiro atoms. The molecular weight excluding hydrogens is 373 g/mol. The van der Waals surface area contributed by atoms with Crippen LogP contribution >= 0.6 is 0 Å². The van der Waals surface area contributed by atoms with E-state index >= 15 is 0 Å². The predicted molar refractivity (Wildman–Crippen MR) is 98.8 cm³/mol. The van der Waals surface area contributed by atoms with E-state index in [1.54, 1.807) is 0 Å². The maximum atomic E-state index is 12.6. The highest BCUT2D eigenvalue weighted by Gasteiger charge is 2.30. The minimum absolute atomic E-state index is 0.256. The van der Waals surface area contributed by atoms with Crippen LogP contribution in [-0.2, 0) is 29.3 Å². The van der Waals surface area contributed by atoms with Crippen LogP contribution in [0.25, 0.3) is 0 Å². The summed E-state index contributed by atoms with van der Waals surface area (Å²) in [6, 6.07) is 14.2. The maximum absolute atomic E-state index is 12.6. The van der Waals surface area contributed by atoms with Gasteiger partial charge in [0, 0.05) is 10.6 Å². The zero-order valence-electron chi connectivity index (χ0n) is 15.0. The van der Waals surface area contributed by atoms with Crippen molar-refractivity contribution in [2.24, 2.45) is 0 Å². The van der Waals surface area contributed by atoms with Crippen LogP contribution in [0, 0.1) is 13.8 Å². The van der Waals surface area contributed by atoms with Crippen LogP contribution < -0.4 is 0 Å². The monoisotopic (exact) mass is 392 g/mol. The molecule has 2 aromatic carbocycles. The average Bonchev–Trinajstić information content (AvgIpc) is 2.93. The van der Waals surface area contributed by atoms with Crippen LogP contribution in [0.1, 0.15) is 28.1 Å². The van der Waals surface area contributed by atoms with Crippen molar-refractivity contribution in [1.82, 2.24) is 9.78 Å². The molecule has 27 heavy (non-hydrogen) atoms. The van der Waals surface area contributed by atoms with Crippen LogP contribution in [0.4, 0.5) is 13.2 Å². The molecule has 0 aliphatic heterocycles. The summed E-state index contributed by atoms with van der Waals surface area (Å²) in [5, 5.41) is 4.43. The number of alkyl halides is 3. The summed E-state index contributed by atoms with van der Waals surface area (Å²) in [5.41, 5.74) is 3.25. The molecular formula is C20H19F3N2OS. The van der Waals surface area contributed by atoms with Gasteiger partial charge in [-0.1, -0.05) is 24.3 Å². The third kappa shape index (κ3) is 4.86. The lowest BCUT2D eigenvalue weighted by atomic mass is 10.1. The number of aryl methyl sites for hydroxylation is 2. The second-order valence-electron chi connectivity index (χ2n) is 6.41. The molecule has 3 rings (SSSR count). The lowest BCUT2D eigenvalue weighted by Crippen LogP contribution is -2.05. The first-order valence-electron chi connectivity index (χ1n) is 8.37. The summed E-state index contributed by atoms with van der Waals surface area (Å²) in [7, 11) is -1.40. The largest absolute Gasteiger partial charge is 0.416 e. The Hall–Kier alpha value is -2.41. The van der Waals surface area contributed by atoms with E-state index in [1.165, 1.54) is 12.1 Å². The molecule has 0 aliphatic carbocycles. The zero-order chi connectivity index (χ0) is 19.6. The standard InChI is InChI=1S/C20H19F3N2OS/c1-14-11-15(2)25(24-14)12-16-3-5-17(6-4-16)13-27(26)19-9-7-18(8-10-19)20(21,22)23/h3-11H,12-13H2,1-2H3. The van der Waals surface area contributed by atoms with Gasteiger partial charge in [0.1, 0.15) is 0 Å². The Kier molecular flexibility index (Phi) is 5.51. The Bertz CT molecular complexity index is 945. The van der Waals surface area contributed by atoms with E-state index in [1.807, 2.05) is 48.9 Å². The van der Waals surface area contributed by atoms with Crippen molar-refractivity contribution in [2.45, 2.75) is 37.2 Å². The normalized spacial score (nSPS) is 12.9. The lowest BCUT2D eigenvalue weighted by Gasteiger charge is -2.08. The molecule has 1 aromatic heterocycles. The fraction of sp³-hybridized carbons (Fsp3) is 0.250. The van der Waals surface area contributed by atoms with Crippen molar-refractivity contribution in [3.8, 4) is 0 Å². The van der Waals surface area contributed by atoms with E-state index in [4.69, 9.17) is 0 Å². The van der Waals surface area contributed by atoms with E-state index in [0.717, 1.165) is 34.6 Å². The Labute approximate surface area is 158 Å². The minimum atomic E-state index is -4.39. The van der Waals surface area contributed by atoms with Gasteiger partial charge in [-0.3, -0.25) is 8.89 Å². The number of benzene rings is 2. The number of aromatic nitrogens is 2. The highest BCUT2D eigenvalue weighted by Crippen LogP contribution is 2.29. The minimum Gasteiger partial charge on any atom is -0.265 e. The van der Waals surface area contributed by atoms with Gasteiger partial charge in [-0.05, 0) is 55.3 Å². The summed E-state index contributed by atoms with van der Waals surface area (Å²) < 4.78 is 52.2. The van der Waals surface area contributed by atoms with Crippen molar-refractivity contribution >= 4 is 10.8 Å². The van der Waals surface area contributed by atoms with Gasteiger partial charge in [0.15, 0.2) is 0 Å². The molecule has 0 saturated carbocycles. The molecule has 0 bridgehead atoms. The van der Waals surface area contributed by atoms with Gasteiger partial charge in [0.05, 0.1) is 34.4 Å². The average molecular weight is 392 g/mol. The lowest BCUT2D eigenvalue weighted by molar-refractivity contribution is -0.137. The number of hydrogen-bond donors (Lipinski definition) is 0. The Morgan fingerprint density at radius 3 is 2.07 bits per heavy atom. The number of rotatable bonds is 5. The summed E-state index contributed by atoms with van der Waals surface area (Å²) in [4.78, 5) is 0.384. The molecule has 1 atom stereocenters. The quantitative estimate of drug-likeness (QED) is 0.621. The third-order valence-corrected chi connectivity index (χ3v) is 5.59. The van der Waals surface area contributed by atoms with E-state index in [-0.39, 0.29) is 5.75 Å². The van der Waals surface area contributed by atoms with Gasteiger partial charge in [0.2, 0.25) is 0 Å². The van der Waals surface area contributed by atoms with Crippen LogP contribution in [0.5, 0.6) is 0 Å². The van der Waals surface area contributed by atoms with Crippen LogP contribution in [0.3, 0.4) is 0 Å². The van der Waals surface area contributed by atoms with Crippen LogP contribution in [0.2, 0.25) is 0 Å². The third-order valence-electron chi connectivity index (χ3n) is 4.20. The highest BCUT2D eigenvalue weighted by atomic mass is 32.2. The Morgan fingerprint density at radius 2 is 1.56 bits per heavy atom. The fourth-order valence-electron chi connectivity index (χ4n) is 2.78.